The predicted octanol–water partition coefficient (Wildman–Crippen LogP) is 2.97. The van der Waals surface area contributed by atoms with Crippen molar-refractivity contribution in [2.24, 2.45) is 0 Å². The molecule has 0 saturated heterocycles. The Balaban J connectivity index is 1.79. The van der Waals surface area contributed by atoms with Crippen molar-refractivity contribution in [3.63, 3.8) is 0 Å². The van der Waals surface area contributed by atoms with E-state index < -0.39 is 12.1 Å². The molecule has 0 radical (unpaired) electrons. The summed E-state index contributed by atoms with van der Waals surface area (Å²) >= 11 is 0. The molecule has 0 aliphatic rings. The molecule has 1 atom stereocenters. The lowest BCUT2D eigenvalue weighted by Crippen LogP contribution is -2.38. The van der Waals surface area contributed by atoms with E-state index in [9.17, 15) is 9.59 Å². The van der Waals surface area contributed by atoms with Gasteiger partial charge in [0.2, 0.25) is 0 Å². The predicted molar refractivity (Wildman–Crippen MR) is 102 cm³/mol. The zero-order valence-corrected chi connectivity index (χ0v) is 15.6. The molecule has 0 spiro atoms. The van der Waals surface area contributed by atoms with Gasteiger partial charge in [0.05, 0.1) is 0 Å². The van der Waals surface area contributed by atoms with Gasteiger partial charge in [0, 0.05) is 6.54 Å². The van der Waals surface area contributed by atoms with Gasteiger partial charge in [0.1, 0.15) is 11.5 Å². The summed E-state index contributed by atoms with van der Waals surface area (Å²) in [6.45, 7) is 4.01. The lowest BCUT2D eigenvalue weighted by Gasteiger charge is -2.17. The minimum Gasteiger partial charge on any atom is -0.482 e. The molecule has 2 rings (SSSR count). The van der Waals surface area contributed by atoms with Crippen molar-refractivity contribution >= 4 is 11.9 Å². The van der Waals surface area contributed by atoms with E-state index >= 15 is 0 Å². The van der Waals surface area contributed by atoms with Crippen LogP contribution in [0.1, 0.15) is 24.5 Å². The van der Waals surface area contributed by atoms with Crippen molar-refractivity contribution < 1.29 is 24.2 Å². The third-order valence-electron chi connectivity index (χ3n) is 3.93. The van der Waals surface area contributed by atoms with E-state index in [4.69, 9.17) is 14.6 Å². The molecular weight excluding hydrogens is 346 g/mol. The summed E-state index contributed by atoms with van der Waals surface area (Å²) in [6.07, 6.45) is 0.708. The molecule has 2 aromatic carbocycles. The van der Waals surface area contributed by atoms with Crippen LogP contribution in [0, 0.1) is 6.92 Å². The summed E-state index contributed by atoms with van der Waals surface area (Å²) in [5, 5.41) is 11.5. The molecule has 6 heteroatoms. The van der Waals surface area contributed by atoms with Gasteiger partial charge < -0.3 is 19.9 Å². The van der Waals surface area contributed by atoms with E-state index in [1.165, 1.54) is 0 Å². The van der Waals surface area contributed by atoms with E-state index in [0.717, 1.165) is 11.1 Å². The molecule has 0 fully saturated rings. The molecule has 0 aromatic heterocycles. The van der Waals surface area contributed by atoms with Gasteiger partial charge in [-0.25, -0.2) is 4.79 Å². The van der Waals surface area contributed by atoms with Gasteiger partial charge in [-0.15, -0.1) is 0 Å². The number of aliphatic carboxylic acids is 1. The second kappa shape index (κ2) is 10.2. The summed E-state index contributed by atoms with van der Waals surface area (Å²) in [7, 11) is 0. The largest absolute Gasteiger partial charge is 0.482 e. The first-order chi connectivity index (χ1) is 13.0. The number of ether oxygens (including phenoxy) is 2. The molecule has 6 nitrogen and oxygen atoms in total. The fraction of sp³-hybridized carbons (Fsp3) is 0.333. The highest BCUT2D eigenvalue weighted by Gasteiger charge is 2.17. The SMILES string of the molecule is CCC(Oc1cccc(C)c1)C(=O)NCCc1ccc(OCC(=O)O)cc1. The Hall–Kier alpha value is -3.02. The van der Waals surface area contributed by atoms with Crippen LogP contribution >= 0.6 is 0 Å². The molecule has 2 N–H and O–H groups in total. The topological polar surface area (TPSA) is 84.9 Å². The van der Waals surface area contributed by atoms with Crippen LogP contribution in [0.15, 0.2) is 48.5 Å². The quantitative estimate of drug-likeness (QED) is 0.671. The standard InChI is InChI=1S/C21H25NO5/c1-3-19(27-18-6-4-5-15(2)13-18)21(25)22-12-11-16-7-9-17(10-8-16)26-14-20(23)24/h4-10,13,19H,3,11-12,14H2,1-2H3,(H,22,25)(H,23,24). The van der Waals surface area contributed by atoms with Crippen LogP contribution in [-0.2, 0) is 16.0 Å². The average molecular weight is 371 g/mol. The minimum atomic E-state index is -1.01. The molecular formula is C21H25NO5. The van der Waals surface area contributed by atoms with Crippen LogP contribution < -0.4 is 14.8 Å². The second-order valence-electron chi connectivity index (χ2n) is 6.20. The Morgan fingerprint density at radius 2 is 1.85 bits per heavy atom. The molecule has 144 valence electrons. The molecule has 1 amide bonds. The number of hydrogen-bond donors (Lipinski definition) is 2. The molecule has 0 saturated carbocycles. The first-order valence-corrected chi connectivity index (χ1v) is 8.92. The maximum Gasteiger partial charge on any atom is 0.341 e. The Morgan fingerprint density at radius 1 is 1.11 bits per heavy atom. The summed E-state index contributed by atoms with van der Waals surface area (Å²) < 4.78 is 10.9. The molecule has 0 heterocycles. The number of nitrogens with one attached hydrogen (secondary N) is 1. The highest BCUT2D eigenvalue weighted by Crippen LogP contribution is 2.16. The summed E-state index contributed by atoms with van der Waals surface area (Å²) in [5.41, 5.74) is 2.10. The smallest absolute Gasteiger partial charge is 0.341 e. The van der Waals surface area contributed by atoms with E-state index in [1.807, 2.05) is 50.2 Å². The maximum absolute atomic E-state index is 12.3. The van der Waals surface area contributed by atoms with Crippen molar-refractivity contribution in [1.29, 1.82) is 0 Å². The normalized spacial score (nSPS) is 11.5. The second-order valence-corrected chi connectivity index (χ2v) is 6.20. The number of carboxylic acids is 1. The van der Waals surface area contributed by atoms with E-state index in [2.05, 4.69) is 5.32 Å². The number of carbonyl (C=O) groups is 2. The monoisotopic (exact) mass is 371 g/mol. The summed E-state index contributed by atoms with van der Waals surface area (Å²) in [5.74, 6) is 0.0392. The fourth-order valence-corrected chi connectivity index (χ4v) is 2.52. The zero-order chi connectivity index (χ0) is 19.6. The Kier molecular flexibility index (Phi) is 7.67. The van der Waals surface area contributed by atoms with Crippen LogP contribution in [0.2, 0.25) is 0 Å². The van der Waals surface area contributed by atoms with Gasteiger partial charge in [0.15, 0.2) is 12.7 Å². The van der Waals surface area contributed by atoms with Crippen molar-refractivity contribution in [1.82, 2.24) is 5.32 Å². The Morgan fingerprint density at radius 3 is 2.48 bits per heavy atom. The van der Waals surface area contributed by atoms with Gasteiger partial charge in [0.25, 0.3) is 5.91 Å². The van der Waals surface area contributed by atoms with Crippen molar-refractivity contribution in [2.75, 3.05) is 13.2 Å². The van der Waals surface area contributed by atoms with E-state index in [1.54, 1.807) is 12.1 Å². The number of hydrogen-bond acceptors (Lipinski definition) is 4. The number of carbonyl (C=O) groups excluding carboxylic acids is 1. The van der Waals surface area contributed by atoms with E-state index in [0.29, 0.717) is 30.9 Å². The van der Waals surface area contributed by atoms with Crippen molar-refractivity contribution in [3.05, 3.63) is 59.7 Å². The van der Waals surface area contributed by atoms with Crippen LogP contribution in [0.5, 0.6) is 11.5 Å². The molecule has 0 bridgehead atoms. The molecule has 0 aliphatic heterocycles. The molecule has 0 aliphatic carbocycles. The van der Waals surface area contributed by atoms with Crippen molar-refractivity contribution in [2.45, 2.75) is 32.8 Å². The van der Waals surface area contributed by atoms with Gasteiger partial charge in [-0.3, -0.25) is 4.79 Å². The van der Waals surface area contributed by atoms with Crippen LogP contribution in [-0.4, -0.2) is 36.2 Å². The highest BCUT2D eigenvalue weighted by molar-refractivity contribution is 5.81. The highest BCUT2D eigenvalue weighted by atomic mass is 16.5. The number of rotatable bonds is 10. The number of amides is 1. The lowest BCUT2D eigenvalue weighted by atomic mass is 10.1. The van der Waals surface area contributed by atoms with E-state index in [-0.39, 0.29) is 12.5 Å². The summed E-state index contributed by atoms with van der Waals surface area (Å²) in [4.78, 5) is 22.8. The molecule has 2 aromatic rings. The third-order valence-corrected chi connectivity index (χ3v) is 3.93. The van der Waals surface area contributed by atoms with Gasteiger partial charge in [-0.05, 0) is 55.2 Å². The van der Waals surface area contributed by atoms with Crippen LogP contribution in [0.4, 0.5) is 0 Å². The molecule has 27 heavy (non-hydrogen) atoms. The number of aryl methyl sites for hydroxylation is 1. The lowest BCUT2D eigenvalue weighted by molar-refractivity contribution is -0.139. The fourth-order valence-electron chi connectivity index (χ4n) is 2.52. The molecule has 1 unspecified atom stereocenters. The maximum atomic E-state index is 12.3. The Labute approximate surface area is 159 Å². The number of carboxylic acid groups (broad SMARTS) is 1. The van der Waals surface area contributed by atoms with Crippen LogP contribution in [0.3, 0.4) is 0 Å². The van der Waals surface area contributed by atoms with Crippen molar-refractivity contribution in [3.8, 4) is 11.5 Å². The Bertz CT molecular complexity index is 757. The van der Waals surface area contributed by atoms with Crippen LogP contribution in [0.25, 0.3) is 0 Å². The number of benzene rings is 2. The average Bonchev–Trinajstić information content (AvgIpc) is 2.65. The zero-order valence-electron chi connectivity index (χ0n) is 15.6. The van der Waals surface area contributed by atoms with Gasteiger partial charge >= 0.3 is 5.97 Å². The first-order valence-electron chi connectivity index (χ1n) is 8.92. The van der Waals surface area contributed by atoms with Gasteiger partial charge in [-0.1, -0.05) is 31.2 Å². The first kappa shape index (κ1) is 20.3. The third kappa shape index (κ3) is 7.01. The summed E-state index contributed by atoms with van der Waals surface area (Å²) in [6, 6.07) is 14.8. The minimum absolute atomic E-state index is 0.139. The van der Waals surface area contributed by atoms with Gasteiger partial charge in [-0.2, -0.15) is 0 Å².